The van der Waals surface area contributed by atoms with Gasteiger partial charge in [0.25, 0.3) is 0 Å². The third-order valence-electron chi connectivity index (χ3n) is 4.90. The molecule has 0 unspecified atom stereocenters. The van der Waals surface area contributed by atoms with Gasteiger partial charge in [0.1, 0.15) is 0 Å². The second-order valence-corrected chi connectivity index (χ2v) is 9.67. The number of carbonyl (C=O) groups is 2. The Balaban J connectivity index is 1.77. The fraction of sp³-hybridized carbons (Fsp3) is 0.333. The Morgan fingerprint density at radius 3 is 2.53 bits per heavy atom. The zero-order valence-electron chi connectivity index (χ0n) is 17.0. The minimum absolute atomic E-state index is 0.0799. The standard InChI is InChI=1S/C21H25N3O4S2/c1-15(25)23-19-12-18(9-10-20(19)29-2)30(27,28)22-13-16-6-3-4-7-17(16)14-24-11-5-8-21(24)26/h3-4,6-7,9-10,12,22H,5,8,11,13-14H2,1-2H3,(H,23,25). The molecule has 1 aliphatic heterocycles. The quantitative estimate of drug-likeness (QED) is 0.607. The lowest BCUT2D eigenvalue weighted by atomic mass is 10.1. The van der Waals surface area contributed by atoms with Gasteiger partial charge in [-0.2, -0.15) is 0 Å². The molecule has 0 spiro atoms. The first-order valence-electron chi connectivity index (χ1n) is 9.60. The monoisotopic (exact) mass is 447 g/mol. The van der Waals surface area contributed by atoms with Gasteiger partial charge in [-0.25, -0.2) is 13.1 Å². The molecular formula is C21H25N3O4S2. The van der Waals surface area contributed by atoms with E-state index in [9.17, 15) is 18.0 Å². The van der Waals surface area contributed by atoms with E-state index in [0.29, 0.717) is 18.7 Å². The average Bonchev–Trinajstić information content (AvgIpc) is 3.11. The molecule has 3 rings (SSSR count). The van der Waals surface area contributed by atoms with E-state index in [4.69, 9.17) is 0 Å². The number of hydrogen-bond acceptors (Lipinski definition) is 5. The van der Waals surface area contributed by atoms with Gasteiger partial charge in [-0.15, -0.1) is 11.8 Å². The highest BCUT2D eigenvalue weighted by molar-refractivity contribution is 7.98. The molecule has 2 aromatic rings. The summed E-state index contributed by atoms with van der Waals surface area (Å²) in [5, 5.41) is 2.67. The van der Waals surface area contributed by atoms with Crippen molar-refractivity contribution >= 4 is 39.3 Å². The van der Waals surface area contributed by atoms with Gasteiger partial charge >= 0.3 is 0 Å². The first-order valence-corrected chi connectivity index (χ1v) is 12.3. The van der Waals surface area contributed by atoms with Gasteiger partial charge in [-0.1, -0.05) is 24.3 Å². The minimum Gasteiger partial charge on any atom is -0.338 e. The van der Waals surface area contributed by atoms with Crippen molar-refractivity contribution in [3.8, 4) is 0 Å². The van der Waals surface area contributed by atoms with E-state index in [1.165, 1.54) is 30.8 Å². The maximum atomic E-state index is 12.9. The van der Waals surface area contributed by atoms with Gasteiger partial charge in [-0.05, 0) is 42.0 Å². The van der Waals surface area contributed by atoms with E-state index in [1.807, 2.05) is 30.5 Å². The number of anilines is 1. The van der Waals surface area contributed by atoms with Crippen LogP contribution in [-0.2, 0) is 32.7 Å². The Hall–Kier alpha value is -2.36. The Morgan fingerprint density at radius 2 is 1.90 bits per heavy atom. The lowest BCUT2D eigenvalue weighted by molar-refractivity contribution is -0.128. The maximum absolute atomic E-state index is 12.9. The number of hydrogen-bond donors (Lipinski definition) is 2. The molecule has 2 aromatic carbocycles. The van der Waals surface area contributed by atoms with Gasteiger partial charge in [0.2, 0.25) is 21.8 Å². The van der Waals surface area contributed by atoms with Crippen molar-refractivity contribution in [2.24, 2.45) is 0 Å². The molecule has 1 saturated heterocycles. The number of carbonyl (C=O) groups excluding carboxylic acids is 2. The summed E-state index contributed by atoms with van der Waals surface area (Å²) < 4.78 is 28.3. The van der Waals surface area contributed by atoms with E-state index in [1.54, 1.807) is 11.0 Å². The Kier molecular flexibility index (Phi) is 7.17. The fourth-order valence-electron chi connectivity index (χ4n) is 3.36. The van der Waals surface area contributed by atoms with Crippen LogP contribution in [0.2, 0.25) is 0 Å². The van der Waals surface area contributed by atoms with E-state index >= 15 is 0 Å². The molecule has 0 aromatic heterocycles. The van der Waals surface area contributed by atoms with Gasteiger partial charge in [-0.3, -0.25) is 9.59 Å². The molecule has 1 fully saturated rings. The summed E-state index contributed by atoms with van der Waals surface area (Å²) in [5.41, 5.74) is 2.21. The highest BCUT2D eigenvalue weighted by Gasteiger charge is 2.22. The van der Waals surface area contributed by atoms with Crippen molar-refractivity contribution in [3.63, 3.8) is 0 Å². The van der Waals surface area contributed by atoms with Crippen molar-refractivity contribution in [1.82, 2.24) is 9.62 Å². The van der Waals surface area contributed by atoms with E-state index < -0.39 is 10.0 Å². The third kappa shape index (κ3) is 5.41. The molecule has 7 nitrogen and oxygen atoms in total. The molecule has 0 bridgehead atoms. The van der Waals surface area contributed by atoms with Gasteiger partial charge in [0, 0.05) is 37.9 Å². The molecule has 0 atom stereocenters. The second-order valence-electron chi connectivity index (χ2n) is 7.06. The predicted octanol–water partition coefficient (Wildman–Crippen LogP) is 2.97. The van der Waals surface area contributed by atoms with E-state index in [0.717, 1.165) is 29.0 Å². The second kappa shape index (κ2) is 9.63. The molecule has 1 aliphatic rings. The molecular weight excluding hydrogens is 422 g/mol. The number of nitrogens with zero attached hydrogens (tertiary/aromatic N) is 1. The first kappa shape index (κ1) is 22.3. The Labute approximate surface area is 181 Å². The highest BCUT2D eigenvalue weighted by Crippen LogP contribution is 2.28. The minimum atomic E-state index is -3.79. The summed E-state index contributed by atoms with van der Waals surface area (Å²) in [5.74, 6) is -0.136. The molecule has 0 saturated carbocycles. The Morgan fingerprint density at radius 1 is 1.17 bits per heavy atom. The van der Waals surface area contributed by atoms with E-state index in [2.05, 4.69) is 10.0 Å². The van der Waals surface area contributed by atoms with Crippen LogP contribution < -0.4 is 10.0 Å². The molecule has 160 valence electrons. The smallest absolute Gasteiger partial charge is 0.240 e. The SMILES string of the molecule is CSc1ccc(S(=O)(=O)NCc2ccccc2CN2CCCC2=O)cc1NC(C)=O. The van der Waals surface area contributed by atoms with Crippen LogP contribution in [0.5, 0.6) is 0 Å². The zero-order chi connectivity index (χ0) is 21.7. The summed E-state index contributed by atoms with van der Waals surface area (Å²) in [6, 6.07) is 12.2. The van der Waals surface area contributed by atoms with Crippen LogP contribution in [0.25, 0.3) is 0 Å². The van der Waals surface area contributed by atoms with Gasteiger partial charge in [0.05, 0.1) is 10.6 Å². The van der Waals surface area contributed by atoms with Crippen LogP contribution in [0, 0.1) is 0 Å². The van der Waals surface area contributed by atoms with Crippen molar-refractivity contribution < 1.29 is 18.0 Å². The van der Waals surface area contributed by atoms with Crippen LogP contribution in [0.1, 0.15) is 30.9 Å². The van der Waals surface area contributed by atoms with Crippen LogP contribution in [-0.4, -0.2) is 37.9 Å². The average molecular weight is 448 g/mol. The summed E-state index contributed by atoms with van der Waals surface area (Å²) in [6.07, 6.45) is 3.28. The molecule has 2 amide bonds. The van der Waals surface area contributed by atoms with Crippen molar-refractivity contribution in [2.75, 3.05) is 18.1 Å². The van der Waals surface area contributed by atoms with Crippen LogP contribution in [0.3, 0.4) is 0 Å². The fourth-order valence-corrected chi connectivity index (χ4v) is 4.93. The molecule has 0 radical (unpaired) electrons. The van der Waals surface area contributed by atoms with Crippen LogP contribution >= 0.6 is 11.8 Å². The number of nitrogens with one attached hydrogen (secondary N) is 2. The summed E-state index contributed by atoms with van der Waals surface area (Å²) >= 11 is 1.42. The number of rotatable bonds is 8. The number of likely N-dealkylation sites (tertiary alicyclic amines) is 1. The molecule has 2 N–H and O–H groups in total. The van der Waals surface area contributed by atoms with E-state index in [-0.39, 0.29) is 23.3 Å². The highest BCUT2D eigenvalue weighted by atomic mass is 32.2. The van der Waals surface area contributed by atoms with Crippen molar-refractivity contribution in [3.05, 3.63) is 53.6 Å². The van der Waals surface area contributed by atoms with Crippen LogP contribution in [0.4, 0.5) is 5.69 Å². The molecule has 1 heterocycles. The van der Waals surface area contributed by atoms with Crippen molar-refractivity contribution in [1.29, 1.82) is 0 Å². The summed E-state index contributed by atoms with van der Waals surface area (Å²) in [7, 11) is -3.79. The van der Waals surface area contributed by atoms with Gasteiger partial charge < -0.3 is 10.2 Å². The summed E-state index contributed by atoms with van der Waals surface area (Å²) in [4.78, 5) is 26.0. The topological polar surface area (TPSA) is 95.6 Å². The van der Waals surface area contributed by atoms with Crippen molar-refractivity contribution in [2.45, 2.75) is 42.6 Å². The zero-order valence-corrected chi connectivity index (χ0v) is 18.6. The first-order chi connectivity index (χ1) is 14.3. The number of thioether (sulfide) groups is 1. The van der Waals surface area contributed by atoms with Gasteiger partial charge in [0.15, 0.2) is 0 Å². The maximum Gasteiger partial charge on any atom is 0.240 e. The lowest BCUT2D eigenvalue weighted by Gasteiger charge is -2.18. The summed E-state index contributed by atoms with van der Waals surface area (Å²) in [6.45, 7) is 2.70. The molecule has 30 heavy (non-hydrogen) atoms. The third-order valence-corrected chi connectivity index (χ3v) is 7.09. The largest absolute Gasteiger partial charge is 0.338 e. The number of amides is 2. The number of sulfonamides is 1. The van der Waals surface area contributed by atoms with Crippen LogP contribution in [0.15, 0.2) is 52.3 Å². The molecule has 9 heteroatoms. The number of benzene rings is 2. The molecule has 0 aliphatic carbocycles. The lowest BCUT2D eigenvalue weighted by Crippen LogP contribution is -2.27. The predicted molar refractivity (Wildman–Crippen MR) is 118 cm³/mol. The Bertz CT molecular complexity index is 1050. The normalized spacial score (nSPS) is 14.2.